The second-order valence-corrected chi connectivity index (χ2v) is 7.97. The predicted molar refractivity (Wildman–Crippen MR) is 104 cm³/mol. The largest absolute Gasteiger partial charge is 0.486 e. The van der Waals surface area contributed by atoms with Gasteiger partial charge in [-0.05, 0) is 23.8 Å². The average Bonchev–Trinajstić information content (AvgIpc) is 2.67. The molecule has 0 aliphatic carbocycles. The zero-order chi connectivity index (χ0) is 18.9. The third-order valence-electron chi connectivity index (χ3n) is 5.19. The highest BCUT2D eigenvalue weighted by Gasteiger charge is 2.43. The lowest BCUT2D eigenvalue weighted by Crippen LogP contribution is -2.52. The molecule has 2 heterocycles. The maximum Gasteiger partial charge on any atom is 0.410 e. The number of piperidine rings is 1. The summed E-state index contributed by atoms with van der Waals surface area (Å²) < 4.78 is 12.5. The van der Waals surface area contributed by atoms with Crippen LogP contribution in [0.5, 0.6) is 5.75 Å². The van der Waals surface area contributed by atoms with Crippen molar-refractivity contribution in [3.05, 3.63) is 64.1 Å². The molecule has 1 fully saturated rings. The Hall–Kier alpha value is -2.34. The van der Waals surface area contributed by atoms with Gasteiger partial charge in [0.25, 0.3) is 0 Å². The van der Waals surface area contributed by atoms with Crippen LogP contribution in [-0.2, 0) is 11.3 Å². The summed E-state index contributed by atoms with van der Waals surface area (Å²) in [6.07, 6.45) is 1.27. The van der Waals surface area contributed by atoms with Crippen LogP contribution in [0.1, 0.15) is 35.2 Å². The highest BCUT2D eigenvalue weighted by molar-refractivity contribution is 9.10. The molecule has 6 heteroatoms. The first-order valence-corrected chi connectivity index (χ1v) is 9.81. The van der Waals surface area contributed by atoms with Gasteiger partial charge in [-0.1, -0.05) is 46.3 Å². The van der Waals surface area contributed by atoms with E-state index >= 15 is 0 Å². The van der Waals surface area contributed by atoms with E-state index in [-0.39, 0.29) is 18.5 Å². The quantitative estimate of drug-likeness (QED) is 0.700. The van der Waals surface area contributed by atoms with Gasteiger partial charge in [-0.3, -0.25) is 4.79 Å². The second-order valence-electron chi connectivity index (χ2n) is 7.05. The van der Waals surface area contributed by atoms with Crippen LogP contribution in [0.4, 0.5) is 4.79 Å². The van der Waals surface area contributed by atoms with Gasteiger partial charge in [0, 0.05) is 30.4 Å². The number of halogens is 1. The Morgan fingerprint density at radius 1 is 1.15 bits per heavy atom. The van der Waals surface area contributed by atoms with E-state index < -0.39 is 5.60 Å². The molecule has 0 saturated carbocycles. The molecule has 1 saturated heterocycles. The van der Waals surface area contributed by atoms with Crippen molar-refractivity contribution < 1.29 is 19.1 Å². The number of nitrogens with zero attached hydrogens (tertiary/aromatic N) is 1. The van der Waals surface area contributed by atoms with Gasteiger partial charge in [-0.25, -0.2) is 4.79 Å². The Kier molecular flexibility index (Phi) is 4.91. The fourth-order valence-electron chi connectivity index (χ4n) is 3.65. The molecule has 2 aromatic carbocycles. The first-order chi connectivity index (χ1) is 13.0. The molecule has 27 heavy (non-hydrogen) atoms. The van der Waals surface area contributed by atoms with Crippen LogP contribution in [0.2, 0.25) is 0 Å². The van der Waals surface area contributed by atoms with Crippen molar-refractivity contribution in [1.29, 1.82) is 0 Å². The van der Waals surface area contributed by atoms with Gasteiger partial charge in [0.05, 0.1) is 12.0 Å². The van der Waals surface area contributed by atoms with Crippen molar-refractivity contribution in [2.24, 2.45) is 0 Å². The minimum absolute atomic E-state index is 0.101. The Bertz CT molecular complexity index is 860. The third kappa shape index (κ3) is 3.86. The normalized spacial score (nSPS) is 18.0. The van der Waals surface area contributed by atoms with Gasteiger partial charge in [0.15, 0.2) is 5.78 Å². The van der Waals surface area contributed by atoms with Crippen molar-refractivity contribution in [3.8, 4) is 5.75 Å². The van der Waals surface area contributed by atoms with Gasteiger partial charge < -0.3 is 14.4 Å². The van der Waals surface area contributed by atoms with E-state index in [1.165, 1.54) is 0 Å². The minimum atomic E-state index is -0.527. The van der Waals surface area contributed by atoms with Crippen LogP contribution in [0.3, 0.4) is 0 Å². The summed E-state index contributed by atoms with van der Waals surface area (Å²) in [6.45, 7) is 1.30. The molecule has 2 aromatic rings. The highest BCUT2D eigenvalue weighted by Crippen LogP contribution is 2.40. The molecule has 2 aliphatic heterocycles. The number of fused-ring (bicyclic) bond motifs is 1. The molecule has 4 rings (SSSR count). The van der Waals surface area contributed by atoms with E-state index in [2.05, 4.69) is 15.9 Å². The molecule has 0 radical (unpaired) electrons. The van der Waals surface area contributed by atoms with Gasteiger partial charge in [-0.2, -0.15) is 0 Å². The molecule has 1 spiro atoms. The third-order valence-corrected chi connectivity index (χ3v) is 5.68. The van der Waals surface area contributed by atoms with E-state index in [1.807, 2.05) is 42.5 Å². The summed E-state index contributed by atoms with van der Waals surface area (Å²) >= 11 is 3.43. The van der Waals surface area contributed by atoms with Crippen LogP contribution in [0.25, 0.3) is 0 Å². The summed E-state index contributed by atoms with van der Waals surface area (Å²) in [5, 5.41) is 0. The molecule has 0 unspecified atom stereocenters. The van der Waals surface area contributed by atoms with Crippen molar-refractivity contribution >= 4 is 27.8 Å². The lowest BCUT2D eigenvalue weighted by atomic mass is 9.82. The molecule has 0 atom stereocenters. The number of Topliss-reactive ketones (excluding diaryl/α,β-unsaturated/α-hetero) is 1. The summed E-state index contributed by atoms with van der Waals surface area (Å²) in [5.74, 6) is 0.726. The average molecular weight is 430 g/mol. The molecule has 140 valence electrons. The van der Waals surface area contributed by atoms with Crippen LogP contribution >= 0.6 is 15.9 Å². The van der Waals surface area contributed by atoms with Crippen molar-refractivity contribution in [1.82, 2.24) is 4.90 Å². The molecule has 0 N–H and O–H groups in total. The number of ether oxygens (including phenoxy) is 2. The monoisotopic (exact) mass is 429 g/mol. The minimum Gasteiger partial charge on any atom is -0.486 e. The number of rotatable bonds is 2. The van der Waals surface area contributed by atoms with Crippen molar-refractivity contribution in [3.63, 3.8) is 0 Å². The number of ketones is 1. The zero-order valence-electron chi connectivity index (χ0n) is 14.8. The van der Waals surface area contributed by atoms with Crippen LogP contribution in [0.15, 0.2) is 53.0 Å². The summed E-state index contributed by atoms with van der Waals surface area (Å²) in [4.78, 5) is 26.6. The Labute approximate surface area is 166 Å². The topological polar surface area (TPSA) is 55.8 Å². The Balaban J connectivity index is 1.37. The van der Waals surface area contributed by atoms with Gasteiger partial charge >= 0.3 is 6.09 Å². The van der Waals surface area contributed by atoms with E-state index in [0.29, 0.717) is 43.7 Å². The number of hydrogen-bond donors (Lipinski definition) is 0. The molecule has 0 bridgehead atoms. The van der Waals surface area contributed by atoms with Gasteiger partial charge in [-0.15, -0.1) is 0 Å². The number of benzene rings is 2. The highest BCUT2D eigenvalue weighted by atomic mass is 79.9. The van der Waals surface area contributed by atoms with E-state index in [4.69, 9.17) is 9.47 Å². The summed E-state index contributed by atoms with van der Waals surface area (Å²) in [6, 6.07) is 15.1. The fourth-order valence-corrected chi connectivity index (χ4v) is 3.99. The van der Waals surface area contributed by atoms with Crippen LogP contribution < -0.4 is 4.74 Å². The number of likely N-dealkylation sites (tertiary alicyclic amines) is 1. The van der Waals surface area contributed by atoms with E-state index in [0.717, 1.165) is 10.0 Å². The molecular formula is C21H20BrNO4. The molecule has 1 amide bonds. The summed E-state index contributed by atoms with van der Waals surface area (Å²) in [5.41, 5.74) is 1.07. The van der Waals surface area contributed by atoms with Crippen molar-refractivity contribution in [2.45, 2.75) is 31.5 Å². The molecule has 0 aromatic heterocycles. The second kappa shape index (κ2) is 7.35. The zero-order valence-corrected chi connectivity index (χ0v) is 16.4. The number of carbonyl (C=O) groups is 2. The number of hydrogen-bond acceptors (Lipinski definition) is 4. The maximum absolute atomic E-state index is 12.5. The predicted octanol–water partition coefficient (Wildman–Crippen LogP) is 4.59. The standard InChI is InChI=1S/C21H20BrNO4/c22-16-6-7-17-18(24)13-21(27-19(17)12-16)8-10-23(11-9-21)20(25)26-14-15-4-2-1-3-5-15/h1-7,12H,8-11,13-14H2. The Morgan fingerprint density at radius 3 is 2.63 bits per heavy atom. The summed E-state index contributed by atoms with van der Waals surface area (Å²) in [7, 11) is 0. The Morgan fingerprint density at radius 2 is 1.89 bits per heavy atom. The fraction of sp³-hybridized carbons (Fsp3) is 0.333. The van der Waals surface area contributed by atoms with Crippen LogP contribution in [-0.4, -0.2) is 35.5 Å². The number of carbonyl (C=O) groups excluding carboxylic acids is 2. The SMILES string of the molecule is O=C1CC2(CCN(C(=O)OCc3ccccc3)CC2)Oc2cc(Br)ccc21. The smallest absolute Gasteiger partial charge is 0.410 e. The van der Waals surface area contributed by atoms with Gasteiger partial charge in [0.2, 0.25) is 0 Å². The maximum atomic E-state index is 12.5. The molecule has 2 aliphatic rings. The van der Waals surface area contributed by atoms with Gasteiger partial charge in [0.1, 0.15) is 18.0 Å². The van der Waals surface area contributed by atoms with Crippen molar-refractivity contribution in [2.75, 3.05) is 13.1 Å². The number of amides is 1. The first-order valence-electron chi connectivity index (χ1n) is 9.02. The molecular weight excluding hydrogens is 410 g/mol. The first kappa shape index (κ1) is 18.0. The van der Waals surface area contributed by atoms with Crippen LogP contribution in [0, 0.1) is 0 Å². The van der Waals surface area contributed by atoms with E-state index in [9.17, 15) is 9.59 Å². The lowest BCUT2D eigenvalue weighted by molar-refractivity contribution is -0.00989. The molecule has 5 nitrogen and oxygen atoms in total. The van der Waals surface area contributed by atoms with E-state index in [1.54, 1.807) is 11.0 Å². The lowest BCUT2D eigenvalue weighted by Gasteiger charge is -2.43.